The normalized spacial score (nSPS) is 10.9. The van der Waals surface area contributed by atoms with Crippen LogP contribution in [0.3, 0.4) is 0 Å². The molecule has 0 saturated heterocycles. The van der Waals surface area contributed by atoms with Crippen molar-refractivity contribution >= 4 is 11.6 Å². The number of aliphatic hydroxyl groups excluding tert-OH is 1. The number of aromatic nitrogens is 1. The third-order valence-electron chi connectivity index (χ3n) is 2.79. The highest BCUT2D eigenvalue weighted by Gasteiger charge is 2.11. The Hall–Kier alpha value is -1.65. The van der Waals surface area contributed by atoms with Gasteiger partial charge in [0.05, 0.1) is 11.6 Å². The van der Waals surface area contributed by atoms with Gasteiger partial charge in [0.2, 0.25) is 5.88 Å². The first-order chi connectivity index (χ1) is 9.51. The van der Waals surface area contributed by atoms with Crippen LogP contribution in [-0.2, 0) is 6.61 Å². The molecule has 0 aliphatic rings. The van der Waals surface area contributed by atoms with Gasteiger partial charge in [0.15, 0.2) is 11.6 Å². The summed E-state index contributed by atoms with van der Waals surface area (Å²) in [5.74, 6) is -0.208. The summed E-state index contributed by atoms with van der Waals surface area (Å²) in [7, 11) is 0. The molecule has 20 heavy (non-hydrogen) atoms. The standard InChI is InChI=1S/C15H15ClFNO2/c1-9(2)12-6-10(8-19)7-14(18-12)20-13-5-3-4-11(16)15(13)17/h3-7,9,19H,8H2,1-2H3. The second kappa shape index (κ2) is 6.20. The predicted molar refractivity (Wildman–Crippen MR) is 75.7 cm³/mol. The van der Waals surface area contributed by atoms with Crippen LogP contribution in [0.25, 0.3) is 0 Å². The summed E-state index contributed by atoms with van der Waals surface area (Å²) in [5.41, 5.74) is 1.44. The molecule has 0 spiro atoms. The fourth-order valence-corrected chi connectivity index (χ4v) is 1.86. The highest BCUT2D eigenvalue weighted by atomic mass is 35.5. The Labute approximate surface area is 122 Å². The second-order valence-corrected chi connectivity index (χ2v) is 5.11. The number of halogens is 2. The van der Waals surface area contributed by atoms with Gasteiger partial charge in [-0.1, -0.05) is 31.5 Å². The minimum atomic E-state index is -0.628. The van der Waals surface area contributed by atoms with Gasteiger partial charge >= 0.3 is 0 Å². The zero-order chi connectivity index (χ0) is 14.7. The molecule has 0 saturated carbocycles. The van der Waals surface area contributed by atoms with E-state index < -0.39 is 5.82 Å². The molecule has 0 fully saturated rings. The minimum Gasteiger partial charge on any atom is -0.436 e. The van der Waals surface area contributed by atoms with Crippen molar-refractivity contribution in [3.05, 3.63) is 52.4 Å². The van der Waals surface area contributed by atoms with Crippen LogP contribution in [0, 0.1) is 5.82 Å². The first-order valence-electron chi connectivity index (χ1n) is 6.25. The molecule has 1 aromatic carbocycles. The molecular formula is C15H15ClFNO2. The van der Waals surface area contributed by atoms with E-state index in [1.54, 1.807) is 18.2 Å². The number of nitrogens with zero attached hydrogens (tertiary/aromatic N) is 1. The van der Waals surface area contributed by atoms with E-state index in [-0.39, 0.29) is 29.2 Å². The maximum Gasteiger partial charge on any atom is 0.219 e. The zero-order valence-corrected chi connectivity index (χ0v) is 12.0. The van der Waals surface area contributed by atoms with E-state index in [9.17, 15) is 9.50 Å². The molecule has 2 rings (SSSR count). The Morgan fingerprint density at radius 3 is 2.75 bits per heavy atom. The topological polar surface area (TPSA) is 42.4 Å². The van der Waals surface area contributed by atoms with Gasteiger partial charge in [-0.25, -0.2) is 9.37 Å². The van der Waals surface area contributed by atoms with Crippen LogP contribution in [0.15, 0.2) is 30.3 Å². The molecule has 0 bridgehead atoms. The fourth-order valence-electron chi connectivity index (χ4n) is 1.70. The summed E-state index contributed by atoms with van der Waals surface area (Å²) in [6.07, 6.45) is 0. The molecule has 1 aromatic heterocycles. The van der Waals surface area contributed by atoms with Gasteiger partial charge in [-0.2, -0.15) is 0 Å². The number of hydrogen-bond acceptors (Lipinski definition) is 3. The molecule has 0 aliphatic heterocycles. The summed E-state index contributed by atoms with van der Waals surface area (Å²) in [4.78, 5) is 4.30. The summed E-state index contributed by atoms with van der Waals surface area (Å²) < 4.78 is 19.2. The fraction of sp³-hybridized carbons (Fsp3) is 0.267. The Bertz CT molecular complexity index is 617. The van der Waals surface area contributed by atoms with E-state index >= 15 is 0 Å². The molecule has 2 aromatic rings. The lowest BCUT2D eigenvalue weighted by molar-refractivity contribution is 0.280. The highest BCUT2D eigenvalue weighted by molar-refractivity contribution is 6.30. The molecule has 106 valence electrons. The maximum atomic E-state index is 13.8. The van der Waals surface area contributed by atoms with Crippen molar-refractivity contribution in [3.8, 4) is 11.6 Å². The van der Waals surface area contributed by atoms with Crippen LogP contribution < -0.4 is 4.74 Å². The smallest absolute Gasteiger partial charge is 0.219 e. The quantitative estimate of drug-likeness (QED) is 0.915. The van der Waals surface area contributed by atoms with Crippen molar-refractivity contribution in [2.24, 2.45) is 0 Å². The van der Waals surface area contributed by atoms with Gasteiger partial charge in [0.25, 0.3) is 0 Å². The van der Waals surface area contributed by atoms with Crippen molar-refractivity contribution < 1.29 is 14.2 Å². The van der Waals surface area contributed by atoms with Crippen molar-refractivity contribution in [1.82, 2.24) is 4.98 Å². The molecule has 0 unspecified atom stereocenters. The lowest BCUT2D eigenvalue weighted by Gasteiger charge is -2.11. The zero-order valence-electron chi connectivity index (χ0n) is 11.2. The van der Waals surface area contributed by atoms with Crippen LogP contribution in [0.1, 0.15) is 31.0 Å². The van der Waals surface area contributed by atoms with Crippen molar-refractivity contribution in [2.45, 2.75) is 26.4 Å². The second-order valence-electron chi connectivity index (χ2n) is 4.71. The first-order valence-corrected chi connectivity index (χ1v) is 6.62. The number of hydrogen-bond donors (Lipinski definition) is 1. The average Bonchev–Trinajstić information content (AvgIpc) is 2.43. The monoisotopic (exact) mass is 295 g/mol. The molecule has 0 aliphatic carbocycles. The van der Waals surface area contributed by atoms with E-state index in [0.717, 1.165) is 5.69 Å². The van der Waals surface area contributed by atoms with E-state index in [1.165, 1.54) is 12.1 Å². The van der Waals surface area contributed by atoms with Crippen molar-refractivity contribution in [1.29, 1.82) is 0 Å². The van der Waals surface area contributed by atoms with E-state index in [0.29, 0.717) is 5.56 Å². The third-order valence-corrected chi connectivity index (χ3v) is 3.08. The first kappa shape index (κ1) is 14.8. The van der Waals surface area contributed by atoms with E-state index in [2.05, 4.69) is 4.98 Å². The molecular weight excluding hydrogens is 281 g/mol. The van der Waals surface area contributed by atoms with E-state index in [4.69, 9.17) is 16.3 Å². The van der Waals surface area contributed by atoms with Crippen molar-refractivity contribution in [2.75, 3.05) is 0 Å². The molecule has 3 nitrogen and oxygen atoms in total. The van der Waals surface area contributed by atoms with Crippen LogP contribution in [0.2, 0.25) is 5.02 Å². The van der Waals surface area contributed by atoms with Crippen LogP contribution >= 0.6 is 11.6 Å². The van der Waals surface area contributed by atoms with Crippen LogP contribution in [0.4, 0.5) is 4.39 Å². The van der Waals surface area contributed by atoms with Gasteiger partial charge in [0, 0.05) is 11.8 Å². The summed E-state index contributed by atoms with van der Waals surface area (Å²) in [6.45, 7) is 3.83. The number of aliphatic hydroxyl groups is 1. The highest BCUT2D eigenvalue weighted by Crippen LogP contribution is 2.29. The van der Waals surface area contributed by atoms with Gasteiger partial charge < -0.3 is 9.84 Å². The summed E-state index contributed by atoms with van der Waals surface area (Å²) in [6, 6.07) is 7.89. The van der Waals surface area contributed by atoms with Crippen LogP contribution in [0.5, 0.6) is 11.6 Å². The molecule has 1 N–H and O–H groups in total. The van der Waals surface area contributed by atoms with Crippen LogP contribution in [-0.4, -0.2) is 10.1 Å². The molecule has 1 heterocycles. The van der Waals surface area contributed by atoms with Crippen molar-refractivity contribution in [3.63, 3.8) is 0 Å². The Kier molecular flexibility index (Phi) is 4.57. The minimum absolute atomic E-state index is 0.00907. The third kappa shape index (κ3) is 3.26. The lowest BCUT2D eigenvalue weighted by Crippen LogP contribution is -1.99. The average molecular weight is 296 g/mol. The lowest BCUT2D eigenvalue weighted by atomic mass is 10.1. The maximum absolute atomic E-state index is 13.8. The largest absolute Gasteiger partial charge is 0.436 e. The molecule has 5 heteroatoms. The van der Waals surface area contributed by atoms with Gasteiger partial charge in [-0.3, -0.25) is 0 Å². The molecule has 0 radical (unpaired) electrons. The number of pyridine rings is 1. The Balaban J connectivity index is 2.37. The van der Waals surface area contributed by atoms with E-state index in [1.807, 2.05) is 13.8 Å². The number of ether oxygens (including phenoxy) is 1. The summed E-state index contributed by atoms with van der Waals surface area (Å²) >= 11 is 5.70. The Morgan fingerprint density at radius 1 is 1.35 bits per heavy atom. The molecule has 0 atom stereocenters. The van der Waals surface area contributed by atoms with Gasteiger partial charge in [0.1, 0.15) is 0 Å². The summed E-state index contributed by atoms with van der Waals surface area (Å²) in [5, 5.41) is 9.25. The SMILES string of the molecule is CC(C)c1cc(CO)cc(Oc2cccc(Cl)c2F)n1. The number of benzene rings is 1. The van der Waals surface area contributed by atoms with Gasteiger partial charge in [-0.05, 0) is 29.7 Å². The molecule has 0 amide bonds. The van der Waals surface area contributed by atoms with Gasteiger partial charge in [-0.15, -0.1) is 0 Å². The number of rotatable bonds is 4. The Morgan fingerprint density at radius 2 is 2.10 bits per heavy atom. The predicted octanol–water partition coefficient (Wildman–Crippen LogP) is 4.28.